The van der Waals surface area contributed by atoms with Gasteiger partial charge >= 0.3 is 5.69 Å². The maximum Gasteiger partial charge on any atom is 0.325 e. The smallest absolute Gasteiger partial charge is 0.325 e. The molecule has 2 N–H and O–H groups in total. The van der Waals surface area contributed by atoms with Crippen molar-refractivity contribution in [2.45, 2.75) is 33.3 Å². The molecular weight excluding hydrogens is 310 g/mol. The van der Waals surface area contributed by atoms with Crippen molar-refractivity contribution in [1.29, 1.82) is 0 Å². The van der Waals surface area contributed by atoms with Gasteiger partial charge in [0.05, 0.1) is 18.4 Å². The number of aromatic amines is 2. The molecule has 0 amide bonds. The van der Waals surface area contributed by atoms with Gasteiger partial charge in [0.1, 0.15) is 12.4 Å². The van der Waals surface area contributed by atoms with E-state index in [-0.39, 0.29) is 12.2 Å². The highest BCUT2D eigenvalue weighted by Gasteiger charge is 2.02. The van der Waals surface area contributed by atoms with E-state index in [4.69, 9.17) is 9.57 Å². The molecule has 1 aromatic carbocycles. The van der Waals surface area contributed by atoms with Gasteiger partial charge in [-0.15, -0.1) is 0 Å². The number of benzene rings is 1. The molecule has 0 saturated heterocycles. The van der Waals surface area contributed by atoms with Crippen LogP contribution in [0.5, 0.6) is 5.75 Å². The van der Waals surface area contributed by atoms with Crippen LogP contribution in [0.4, 0.5) is 0 Å². The highest BCUT2D eigenvalue weighted by atomic mass is 16.6. The zero-order valence-corrected chi connectivity index (χ0v) is 13.8. The quantitative estimate of drug-likeness (QED) is 0.440. The number of unbranched alkanes of at least 4 members (excludes halogenated alkanes) is 1. The average molecular weight is 331 g/mol. The van der Waals surface area contributed by atoms with Gasteiger partial charge in [0, 0.05) is 5.69 Å². The van der Waals surface area contributed by atoms with Gasteiger partial charge in [-0.25, -0.2) is 4.79 Å². The summed E-state index contributed by atoms with van der Waals surface area (Å²) in [6, 6.07) is 7.56. The number of aryl methyl sites for hydroxylation is 1. The molecule has 0 radical (unpaired) electrons. The number of nitrogens with one attached hydrogen (secondary N) is 2. The number of nitrogens with zero attached hydrogens (tertiary/aromatic N) is 1. The van der Waals surface area contributed by atoms with E-state index in [1.54, 1.807) is 6.92 Å². The van der Waals surface area contributed by atoms with E-state index in [0.717, 1.165) is 24.2 Å². The zero-order chi connectivity index (χ0) is 17.4. The first-order chi connectivity index (χ1) is 11.6. The average Bonchev–Trinajstić information content (AvgIpc) is 2.55. The maximum atomic E-state index is 11.6. The molecule has 7 nitrogen and oxygen atoms in total. The Labute approximate surface area is 139 Å². The van der Waals surface area contributed by atoms with Crippen LogP contribution in [0.2, 0.25) is 0 Å². The molecule has 0 fully saturated rings. The lowest BCUT2D eigenvalue weighted by molar-refractivity contribution is 0.132. The third-order valence-electron chi connectivity index (χ3n) is 3.35. The molecule has 1 heterocycles. The summed E-state index contributed by atoms with van der Waals surface area (Å²) in [6.07, 6.45) is 3.41. The minimum Gasteiger partial charge on any atom is -0.494 e. The summed E-state index contributed by atoms with van der Waals surface area (Å²) in [7, 11) is 0. The summed E-state index contributed by atoms with van der Waals surface area (Å²) in [4.78, 5) is 32.5. The fourth-order valence-corrected chi connectivity index (χ4v) is 1.98. The summed E-state index contributed by atoms with van der Waals surface area (Å²) >= 11 is 0. The van der Waals surface area contributed by atoms with Gasteiger partial charge in [-0.3, -0.25) is 9.78 Å². The SMILES string of the molecule is CCCCOc1ccc(CON=Cc2c(C)[nH]c(=O)[nH]c2=O)cc1. The van der Waals surface area contributed by atoms with E-state index < -0.39 is 11.2 Å². The summed E-state index contributed by atoms with van der Waals surface area (Å²) in [5.41, 5.74) is 0.579. The minimum atomic E-state index is -0.545. The van der Waals surface area contributed by atoms with Gasteiger partial charge in [0.2, 0.25) is 0 Å². The van der Waals surface area contributed by atoms with Crippen LogP contribution in [0.1, 0.15) is 36.6 Å². The van der Waals surface area contributed by atoms with Gasteiger partial charge in [0.25, 0.3) is 5.56 Å². The molecule has 0 unspecified atom stereocenters. The molecule has 2 rings (SSSR count). The molecule has 0 aliphatic heterocycles. The molecular formula is C17H21N3O4. The molecule has 0 saturated carbocycles. The van der Waals surface area contributed by atoms with Crippen molar-refractivity contribution in [2.75, 3.05) is 6.61 Å². The van der Waals surface area contributed by atoms with Crippen molar-refractivity contribution in [1.82, 2.24) is 9.97 Å². The number of oxime groups is 1. The predicted octanol–water partition coefficient (Wildman–Crippen LogP) is 2.10. The topological polar surface area (TPSA) is 96.5 Å². The third-order valence-corrected chi connectivity index (χ3v) is 3.35. The van der Waals surface area contributed by atoms with Crippen molar-refractivity contribution in [3.05, 3.63) is 61.9 Å². The van der Waals surface area contributed by atoms with Crippen LogP contribution in [0.15, 0.2) is 39.0 Å². The van der Waals surface area contributed by atoms with Gasteiger partial charge in [-0.05, 0) is 31.0 Å². The first-order valence-electron chi connectivity index (χ1n) is 7.80. The first-order valence-corrected chi connectivity index (χ1v) is 7.80. The van der Waals surface area contributed by atoms with E-state index in [0.29, 0.717) is 12.3 Å². The van der Waals surface area contributed by atoms with Crippen LogP contribution >= 0.6 is 0 Å². The fraction of sp³-hybridized carbons (Fsp3) is 0.353. The third kappa shape index (κ3) is 5.12. The van der Waals surface area contributed by atoms with E-state index in [1.807, 2.05) is 24.3 Å². The zero-order valence-electron chi connectivity index (χ0n) is 13.8. The lowest BCUT2D eigenvalue weighted by Gasteiger charge is -2.06. The molecule has 2 aromatic rings. The molecule has 0 spiro atoms. The van der Waals surface area contributed by atoms with Gasteiger partial charge in [0.15, 0.2) is 0 Å². The molecule has 1 aromatic heterocycles. The number of aromatic nitrogens is 2. The Morgan fingerprint density at radius 1 is 1.17 bits per heavy atom. The van der Waals surface area contributed by atoms with Crippen LogP contribution in [0.25, 0.3) is 0 Å². The number of hydrogen-bond acceptors (Lipinski definition) is 5. The highest BCUT2D eigenvalue weighted by Crippen LogP contribution is 2.13. The Morgan fingerprint density at radius 2 is 1.92 bits per heavy atom. The van der Waals surface area contributed by atoms with Crippen LogP contribution < -0.4 is 16.0 Å². The normalized spacial score (nSPS) is 10.9. The summed E-state index contributed by atoms with van der Waals surface area (Å²) < 4.78 is 5.58. The van der Waals surface area contributed by atoms with Crippen molar-refractivity contribution in [2.24, 2.45) is 5.16 Å². The molecule has 7 heteroatoms. The van der Waals surface area contributed by atoms with E-state index in [9.17, 15) is 9.59 Å². The molecule has 0 aliphatic rings. The maximum absolute atomic E-state index is 11.6. The molecule has 0 aliphatic carbocycles. The Bertz CT molecular complexity index is 791. The highest BCUT2D eigenvalue weighted by molar-refractivity contribution is 5.79. The second-order valence-electron chi connectivity index (χ2n) is 5.30. The van der Waals surface area contributed by atoms with Crippen molar-refractivity contribution in [3.8, 4) is 5.75 Å². The Morgan fingerprint density at radius 3 is 2.58 bits per heavy atom. The van der Waals surface area contributed by atoms with Crippen LogP contribution in [-0.2, 0) is 11.4 Å². The molecule has 128 valence electrons. The molecule has 0 bridgehead atoms. The van der Waals surface area contributed by atoms with Crippen molar-refractivity contribution < 1.29 is 9.57 Å². The van der Waals surface area contributed by atoms with E-state index in [1.165, 1.54) is 6.21 Å². The second kappa shape index (κ2) is 8.71. The lowest BCUT2D eigenvalue weighted by Crippen LogP contribution is -2.26. The number of ether oxygens (including phenoxy) is 1. The van der Waals surface area contributed by atoms with Crippen molar-refractivity contribution >= 4 is 6.21 Å². The molecule has 24 heavy (non-hydrogen) atoms. The summed E-state index contributed by atoms with van der Waals surface area (Å²) in [5.74, 6) is 0.825. The Balaban J connectivity index is 1.88. The molecule has 0 atom stereocenters. The van der Waals surface area contributed by atoms with Gasteiger partial charge in [-0.1, -0.05) is 30.6 Å². The Hall–Kier alpha value is -2.83. The number of hydrogen-bond donors (Lipinski definition) is 2. The van der Waals surface area contributed by atoms with Crippen LogP contribution in [0, 0.1) is 6.92 Å². The first kappa shape index (κ1) is 17.5. The number of H-pyrrole nitrogens is 2. The van der Waals surface area contributed by atoms with Crippen LogP contribution in [-0.4, -0.2) is 22.8 Å². The fourth-order valence-electron chi connectivity index (χ4n) is 1.98. The van der Waals surface area contributed by atoms with Gasteiger partial charge in [-0.2, -0.15) is 0 Å². The monoisotopic (exact) mass is 331 g/mol. The minimum absolute atomic E-state index is 0.259. The van der Waals surface area contributed by atoms with Crippen molar-refractivity contribution in [3.63, 3.8) is 0 Å². The second-order valence-corrected chi connectivity index (χ2v) is 5.30. The summed E-state index contributed by atoms with van der Waals surface area (Å²) in [5, 5.41) is 3.77. The van der Waals surface area contributed by atoms with Gasteiger partial charge < -0.3 is 14.6 Å². The standard InChI is InChI=1S/C17H21N3O4/c1-3-4-9-23-14-7-5-13(6-8-14)11-24-18-10-15-12(2)19-17(22)20-16(15)21/h5-8,10H,3-4,9,11H2,1-2H3,(H2,19,20,21,22). The van der Waals surface area contributed by atoms with E-state index >= 15 is 0 Å². The van der Waals surface area contributed by atoms with E-state index in [2.05, 4.69) is 22.0 Å². The predicted molar refractivity (Wildman–Crippen MR) is 91.6 cm³/mol. The van der Waals surface area contributed by atoms with Crippen LogP contribution in [0.3, 0.4) is 0 Å². The Kier molecular flexibility index (Phi) is 6.36. The number of rotatable bonds is 8. The largest absolute Gasteiger partial charge is 0.494 e. The lowest BCUT2D eigenvalue weighted by atomic mass is 10.2. The summed E-state index contributed by atoms with van der Waals surface area (Å²) in [6.45, 7) is 4.72.